The zero-order valence-electron chi connectivity index (χ0n) is 28.2. The van der Waals surface area contributed by atoms with Crippen LogP contribution < -0.4 is 5.32 Å². The lowest BCUT2D eigenvalue weighted by atomic mass is 9.87. The number of rotatable bonds is 13. The molecule has 2 aromatic carbocycles. The van der Waals surface area contributed by atoms with Gasteiger partial charge in [-0.2, -0.15) is 0 Å². The number of benzene rings is 2. The van der Waals surface area contributed by atoms with Crippen LogP contribution >= 0.6 is 22.9 Å². The number of ether oxygens (including phenoxy) is 3. The molecule has 1 unspecified atom stereocenters. The van der Waals surface area contributed by atoms with Gasteiger partial charge in [0.1, 0.15) is 10.8 Å². The molecule has 3 aromatic rings. The van der Waals surface area contributed by atoms with Gasteiger partial charge in [-0.3, -0.25) is 24.2 Å². The molecule has 2 aliphatic heterocycles. The Labute approximate surface area is 296 Å². The first kappa shape index (κ1) is 35.9. The van der Waals surface area contributed by atoms with Gasteiger partial charge in [0, 0.05) is 54.7 Å². The van der Waals surface area contributed by atoms with E-state index < -0.39 is 11.7 Å². The molecule has 0 bridgehead atoms. The molecule has 0 spiro atoms. The van der Waals surface area contributed by atoms with Crippen LogP contribution in [0.5, 0.6) is 0 Å². The summed E-state index contributed by atoms with van der Waals surface area (Å²) in [6.45, 7) is 7.13. The monoisotopic (exact) mass is 713 g/mol. The van der Waals surface area contributed by atoms with Crippen LogP contribution in [0, 0.1) is 11.7 Å². The number of hydrogen-bond donors (Lipinski definition) is 1. The average Bonchev–Trinajstić information content (AvgIpc) is 3.90. The van der Waals surface area contributed by atoms with Gasteiger partial charge in [0.05, 0.1) is 36.0 Å². The minimum atomic E-state index is -1.42. The van der Waals surface area contributed by atoms with Crippen molar-refractivity contribution >= 4 is 56.4 Å². The van der Waals surface area contributed by atoms with E-state index in [2.05, 4.69) is 15.1 Å². The molecule has 1 saturated carbocycles. The minimum Gasteiger partial charge on any atom is -0.466 e. The normalized spacial score (nSPS) is 23.1. The number of amides is 1. The van der Waals surface area contributed by atoms with Gasteiger partial charge in [-0.05, 0) is 76.5 Å². The smallest absolute Gasteiger partial charge is 0.308 e. The number of hydrogen-bond acceptors (Lipinski definition) is 9. The number of ketones is 1. The summed E-state index contributed by atoms with van der Waals surface area (Å²) < 4.78 is 35.3. The van der Waals surface area contributed by atoms with E-state index in [0.717, 1.165) is 29.3 Å². The van der Waals surface area contributed by atoms with Crippen molar-refractivity contribution in [3.63, 3.8) is 0 Å². The molecule has 6 rings (SSSR count). The highest BCUT2D eigenvalue weighted by Crippen LogP contribution is 2.39. The molecule has 1 aromatic heterocycles. The van der Waals surface area contributed by atoms with Crippen molar-refractivity contribution < 1.29 is 33.0 Å². The van der Waals surface area contributed by atoms with Crippen LogP contribution in [0.1, 0.15) is 74.7 Å². The van der Waals surface area contributed by atoms with E-state index in [1.54, 1.807) is 18.4 Å². The molecule has 12 heteroatoms. The topological polar surface area (TPSA) is 97.4 Å². The summed E-state index contributed by atoms with van der Waals surface area (Å²) in [5.41, 5.74) is 0.749. The summed E-state index contributed by atoms with van der Waals surface area (Å²) in [6.07, 6.45) is 4.50. The molecule has 3 aliphatic rings. The fourth-order valence-corrected chi connectivity index (χ4v) is 8.70. The molecule has 1 N–H and O–H groups in total. The lowest BCUT2D eigenvalue weighted by molar-refractivity contribution is -0.253. The van der Waals surface area contributed by atoms with E-state index in [0.29, 0.717) is 70.6 Å². The first-order valence-corrected chi connectivity index (χ1v) is 18.7. The second-order valence-electron chi connectivity index (χ2n) is 13.1. The first-order valence-electron chi connectivity index (χ1n) is 17.5. The van der Waals surface area contributed by atoms with Crippen LogP contribution in [0.25, 0.3) is 10.1 Å². The minimum absolute atomic E-state index is 0.0441. The van der Waals surface area contributed by atoms with E-state index in [4.69, 9.17) is 25.8 Å². The van der Waals surface area contributed by atoms with Crippen molar-refractivity contribution in [2.75, 3.05) is 44.7 Å². The second-order valence-corrected chi connectivity index (χ2v) is 14.3. The number of thiophene rings is 1. The van der Waals surface area contributed by atoms with E-state index in [1.807, 2.05) is 31.2 Å². The number of esters is 1. The van der Waals surface area contributed by atoms with Crippen LogP contribution in [-0.2, 0) is 30.2 Å². The number of carbonyl (C=O) groups excluding carboxylic acids is 3. The summed E-state index contributed by atoms with van der Waals surface area (Å²) in [6, 6.07) is 10.7. The zero-order valence-corrected chi connectivity index (χ0v) is 29.8. The van der Waals surface area contributed by atoms with Crippen LogP contribution in [0.4, 0.5) is 10.1 Å². The number of nitrogens with one attached hydrogen (secondary N) is 1. The van der Waals surface area contributed by atoms with E-state index >= 15 is 4.39 Å². The molecule has 1 aliphatic carbocycles. The van der Waals surface area contributed by atoms with Gasteiger partial charge in [-0.1, -0.05) is 35.9 Å². The van der Waals surface area contributed by atoms with Crippen molar-refractivity contribution in [1.29, 1.82) is 0 Å². The van der Waals surface area contributed by atoms with Crippen molar-refractivity contribution in [2.45, 2.75) is 83.3 Å². The van der Waals surface area contributed by atoms with Crippen molar-refractivity contribution in [3.8, 4) is 0 Å². The molecule has 3 heterocycles. The van der Waals surface area contributed by atoms with Crippen molar-refractivity contribution in [1.82, 2.24) is 9.80 Å². The van der Waals surface area contributed by atoms with E-state index in [9.17, 15) is 14.4 Å². The lowest BCUT2D eigenvalue weighted by Crippen LogP contribution is -2.67. The molecule has 2 saturated heterocycles. The van der Waals surface area contributed by atoms with Gasteiger partial charge in [0.25, 0.3) is 5.91 Å². The number of fused-ring (bicyclic) bond motifs is 1. The highest BCUT2D eigenvalue weighted by atomic mass is 35.5. The van der Waals surface area contributed by atoms with Crippen molar-refractivity contribution in [3.05, 3.63) is 63.7 Å². The summed E-state index contributed by atoms with van der Waals surface area (Å²) in [4.78, 5) is 44.6. The highest BCUT2D eigenvalue weighted by molar-refractivity contribution is 7.17. The van der Waals surface area contributed by atoms with Crippen LogP contribution in [0.2, 0.25) is 5.02 Å². The average molecular weight is 714 g/mol. The van der Waals surface area contributed by atoms with E-state index in [-0.39, 0.29) is 58.5 Å². The van der Waals surface area contributed by atoms with Crippen LogP contribution in [0.15, 0.2) is 41.8 Å². The maximum atomic E-state index is 16.0. The quantitative estimate of drug-likeness (QED) is 0.188. The Bertz CT molecular complexity index is 1660. The van der Waals surface area contributed by atoms with Gasteiger partial charge < -0.3 is 19.5 Å². The Balaban J connectivity index is 1.26. The third-order valence-corrected chi connectivity index (χ3v) is 11.3. The molecule has 264 valence electrons. The van der Waals surface area contributed by atoms with Gasteiger partial charge in [0.2, 0.25) is 5.85 Å². The molecule has 2 atom stereocenters. The molecular weight excluding hydrogens is 669 g/mol. The lowest BCUT2D eigenvalue weighted by Gasteiger charge is -2.48. The summed E-state index contributed by atoms with van der Waals surface area (Å²) in [7, 11) is 0. The van der Waals surface area contributed by atoms with Crippen LogP contribution in [-0.4, -0.2) is 84.9 Å². The number of nitrogens with zero attached hydrogens (tertiary/aromatic N) is 2. The van der Waals surface area contributed by atoms with Gasteiger partial charge >= 0.3 is 5.97 Å². The molecule has 9 nitrogen and oxygen atoms in total. The number of Topliss-reactive ketones (excluding diaryl/α,β-unsaturated/α-hetero) is 1. The summed E-state index contributed by atoms with van der Waals surface area (Å²) >= 11 is 8.00. The fraction of sp³-hybridized carbons (Fsp3) is 0.541. The maximum absolute atomic E-state index is 16.0. The molecule has 0 radical (unpaired) electrons. The highest BCUT2D eigenvalue weighted by Gasteiger charge is 2.54. The first-order chi connectivity index (χ1) is 23.7. The standard InChI is InChI=1S/C37H45ClFN3O6S/c1-3-46-27-17-20-42(22-27)37(41-18-7-8-19-41,48-26-14-11-24(12-15-26)36(45)47-4-2)32(43)21-25-13-16-30(33(38)34(25)39)40-35(44)29-23-49-31-10-6-5-9-28(29)31/h5-6,9-10,13,16,23-24,26-27H,3-4,7-8,11-12,14-15,17-22H2,1-2H3,(H,40,44)/t24-,26-,27-,37?/m1/s1. The third-order valence-electron chi connectivity index (χ3n) is 9.99. The second kappa shape index (κ2) is 16.0. The predicted molar refractivity (Wildman–Crippen MR) is 189 cm³/mol. The molecule has 1 amide bonds. The Hall–Kier alpha value is -2.93. The Morgan fingerprint density at radius 1 is 0.959 bits per heavy atom. The SMILES string of the molecule is CCOC(=O)[C@H]1CC[C@H](OC(C(=O)Cc2ccc(NC(=O)c3csc4ccccc34)c(Cl)c2F)(N2CCCC2)N2CC[C@@H](OCC)C2)CC1. The Kier molecular flexibility index (Phi) is 11.7. The largest absolute Gasteiger partial charge is 0.466 e. The van der Waals surface area contributed by atoms with E-state index in [1.165, 1.54) is 17.4 Å². The van der Waals surface area contributed by atoms with Crippen molar-refractivity contribution in [2.24, 2.45) is 5.92 Å². The van der Waals surface area contributed by atoms with Gasteiger partial charge in [-0.15, -0.1) is 11.3 Å². The number of halogens is 2. The summed E-state index contributed by atoms with van der Waals surface area (Å²) in [5, 5.41) is 5.09. The Morgan fingerprint density at radius 3 is 2.45 bits per heavy atom. The van der Waals surface area contributed by atoms with Crippen LogP contribution in [0.3, 0.4) is 0 Å². The maximum Gasteiger partial charge on any atom is 0.308 e. The molecule has 3 fully saturated rings. The molecule has 49 heavy (non-hydrogen) atoms. The zero-order chi connectivity index (χ0) is 34.5. The fourth-order valence-electron chi connectivity index (χ4n) is 7.53. The molecular formula is C37H45ClFN3O6S. The van der Waals surface area contributed by atoms with Gasteiger partial charge in [0.15, 0.2) is 5.78 Å². The summed E-state index contributed by atoms with van der Waals surface area (Å²) in [5.74, 6) is -3.19. The number of likely N-dealkylation sites (tertiary alicyclic amines) is 2. The number of anilines is 1. The Morgan fingerprint density at radius 2 is 1.71 bits per heavy atom. The van der Waals surface area contributed by atoms with Gasteiger partial charge in [-0.25, -0.2) is 4.39 Å². The third kappa shape index (κ3) is 7.57. The number of carbonyl (C=O) groups is 3. The predicted octanol–water partition coefficient (Wildman–Crippen LogP) is 7.06.